The van der Waals surface area contributed by atoms with Gasteiger partial charge < -0.3 is 11.1 Å². The molecule has 3 heteroatoms. The molecule has 0 fully saturated rings. The van der Waals surface area contributed by atoms with Crippen LogP contribution < -0.4 is 11.1 Å². The number of nitrogens with two attached hydrogens (primary N) is 1. The molecule has 1 unspecified atom stereocenters. The third-order valence-electron chi connectivity index (χ3n) is 2.29. The van der Waals surface area contributed by atoms with Gasteiger partial charge in [-0.05, 0) is 38.4 Å². The van der Waals surface area contributed by atoms with Crippen molar-refractivity contribution in [2.24, 2.45) is 5.73 Å². The van der Waals surface area contributed by atoms with E-state index in [1.165, 1.54) is 9.75 Å². The average Bonchev–Trinajstić information content (AvgIpc) is 2.63. The fourth-order valence-electron chi connectivity index (χ4n) is 1.33. The highest BCUT2D eigenvalue weighted by atomic mass is 32.1. The summed E-state index contributed by atoms with van der Waals surface area (Å²) in [4.78, 5) is 2.89. The van der Waals surface area contributed by atoms with Gasteiger partial charge in [0.15, 0.2) is 0 Å². The predicted octanol–water partition coefficient (Wildman–Crippen LogP) is 2.14. The summed E-state index contributed by atoms with van der Waals surface area (Å²) in [5, 5.41) is 3.47. The molecule has 0 aliphatic heterocycles. The van der Waals surface area contributed by atoms with Crippen molar-refractivity contribution in [3.05, 3.63) is 21.9 Å². The molecule has 0 bridgehead atoms. The second-order valence-electron chi connectivity index (χ2n) is 3.58. The first kappa shape index (κ1) is 11.7. The van der Waals surface area contributed by atoms with Crippen molar-refractivity contribution < 1.29 is 0 Å². The minimum atomic E-state index is 0.521. The van der Waals surface area contributed by atoms with Crippen LogP contribution in [0.1, 0.15) is 30.0 Å². The molecule has 14 heavy (non-hydrogen) atoms. The molecular weight excluding hydrogens is 192 g/mol. The van der Waals surface area contributed by atoms with E-state index < -0.39 is 0 Å². The van der Waals surface area contributed by atoms with E-state index in [9.17, 15) is 0 Å². The molecule has 0 aliphatic rings. The van der Waals surface area contributed by atoms with Crippen LogP contribution in [0.4, 0.5) is 0 Å². The maximum absolute atomic E-state index is 5.49. The van der Waals surface area contributed by atoms with Crippen LogP contribution in [0.15, 0.2) is 12.1 Å². The maximum Gasteiger partial charge on any atom is 0.0302 e. The molecule has 1 aromatic heterocycles. The fraction of sp³-hybridized carbons (Fsp3) is 0.636. The highest BCUT2D eigenvalue weighted by molar-refractivity contribution is 7.11. The van der Waals surface area contributed by atoms with Gasteiger partial charge in [0.25, 0.3) is 0 Å². The summed E-state index contributed by atoms with van der Waals surface area (Å²) >= 11 is 1.90. The largest absolute Gasteiger partial charge is 0.330 e. The Hall–Kier alpha value is -0.380. The Morgan fingerprint density at radius 3 is 2.71 bits per heavy atom. The number of hydrogen-bond donors (Lipinski definition) is 2. The van der Waals surface area contributed by atoms with Crippen LogP contribution in [0.5, 0.6) is 0 Å². The lowest BCUT2D eigenvalue weighted by Crippen LogP contribution is -2.27. The van der Waals surface area contributed by atoms with Gasteiger partial charge in [-0.2, -0.15) is 0 Å². The third-order valence-corrected chi connectivity index (χ3v) is 3.52. The summed E-state index contributed by atoms with van der Waals surface area (Å²) in [5.74, 6) is 0. The zero-order valence-electron chi connectivity index (χ0n) is 9.05. The van der Waals surface area contributed by atoms with Crippen molar-refractivity contribution >= 4 is 11.3 Å². The topological polar surface area (TPSA) is 38.0 Å². The van der Waals surface area contributed by atoms with Crippen LogP contribution in [-0.2, 0) is 13.0 Å². The van der Waals surface area contributed by atoms with Gasteiger partial charge in [-0.3, -0.25) is 0 Å². The molecule has 0 amide bonds. The van der Waals surface area contributed by atoms with Gasteiger partial charge in [0.05, 0.1) is 0 Å². The van der Waals surface area contributed by atoms with Gasteiger partial charge in [-0.25, -0.2) is 0 Å². The van der Waals surface area contributed by atoms with Crippen molar-refractivity contribution in [2.75, 3.05) is 6.54 Å². The Balaban J connectivity index is 2.30. The van der Waals surface area contributed by atoms with E-state index in [2.05, 4.69) is 31.3 Å². The van der Waals surface area contributed by atoms with Gasteiger partial charge in [-0.1, -0.05) is 6.92 Å². The fourth-order valence-corrected chi connectivity index (χ4v) is 2.24. The van der Waals surface area contributed by atoms with Crippen LogP contribution in [0.2, 0.25) is 0 Å². The molecule has 0 radical (unpaired) electrons. The number of aryl methyl sites for hydroxylation is 1. The monoisotopic (exact) mass is 212 g/mol. The molecule has 1 rings (SSSR count). The van der Waals surface area contributed by atoms with Crippen molar-refractivity contribution in [3.8, 4) is 0 Å². The summed E-state index contributed by atoms with van der Waals surface area (Å²) in [7, 11) is 0. The second kappa shape index (κ2) is 6.17. The Labute approximate surface area is 90.5 Å². The first-order valence-corrected chi connectivity index (χ1v) is 6.09. The Bertz CT molecular complexity index is 258. The van der Waals surface area contributed by atoms with E-state index in [0.29, 0.717) is 6.04 Å². The summed E-state index contributed by atoms with van der Waals surface area (Å²) in [6, 6.07) is 4.95. The average molecular weight is 212 g/mol. The first-order chi connectivity index (χ1) is 6.76. The molecule has 3 N–H and O–H groups in total. The molecule has 1 atom stereocenters. The summed E-state index contributed by atoms with van der Waals surface area (Å²) in [6.07, 6.45) is 2.19. The summed E-state index contributed by atoms with van der Waals surface area (Å²) < 4.78 is 0. The van der Waals surface area contributed by atoms with Crippen LogP contribution in [0.3, 0.4) is 0 Å². The zero-order chi connectivity index (χ0) is 10.4. The lowest BCUT2D eigenvalue weighted by Gasteiger charge is -2.10. The lowest BCUT2D eigenvalue weighted by atomic mass is 10.2. The van der Waals surface area contributed by atoms with Crippen LogP contribution in [0.25, 0.3) is 0 Å². The maximum atomic E-state index is 5.49. The van der Waals surface area contributed by atoms with Crippen molar-refractivity contribution in [1.29, 1.82) is 0 Å². The molecular formula is C11H20N2S. The highest BCUT2D eigenvalue weighted by Gasteiger charge is 2.01. The number of nitrogens with one attached hydrogen (secondary N) is 1. The zero-order valence-corrected chi connectivity index (χ0v) is 9.86. The van der Waals surface area contributed by atoms with Crippen LogP contribution in [-0.4, -0.2) is 12.6 Å². The third kappa shape index (κ3) is 3.78. The van der Waals surface area contributed by atoms with E-state index in [0.717, 1.165) is 25.9 Å². The van der Waals surface area contributed by atoms with Crippen molar-refractivity contribution in [2.45, 2.75) is 39.3 Å². The number of thiophene rings is 1. The molecule has 2 nitrogen and oxygen atoms in total. The second-order valence-corrected chi connectivity index (χ2v) is 4.83. The van der Waals surface area contributed by atoms with Crippen molar-refractivity contribution in [1.82, 2.24) is 5.32 Å². The quantitative estimate of drug-likeness (QED) is 0.758. The van der Waals surface area contributed by atoms with E-state index in [-0.39, 0.29) is 0 Å². The van der Waals surface area contributed by atoms with E-state index in [1.807, 2.05) is 11.3 Å². The standard InChI is InChI=1S/C11H20N2S/c1-3-10-4-5-11(14-10)8-13-9(2)6-7-12/h4-5,9,13H,3,6-8,12H2,1-2H3. The Morgan fingerprint density at radius 1 is 1.43 bits per heavy atom. The number of hydrogen-bond acceptors (Lipinski definition) is 3. The summed E-state index contributed by atoms with van der Waals surface area (Å²) in [6.45, 7) is 6.12. The molecule has 1 heterocycles. The molecule has 80 valence electrons. The molecule has 0 saturated heterocycles. The summed E-state index contributed by atoms with van der Waals surface area (Å²) in [5.41, 5.74) is 5.49. The van der Waals surface area contributed by atoms with Gasteiger partial charge in [0.1, 0.15) is 0 Å². The van der Waals surface area contributed by atoms with E-state index >= 15 is 0 Å². The normalized spacial score (nSPS) is 13.1. The minimum Gasteiger partial charge on any atom is -0.330 e. The van der Waals surface area contributed by atoms with Crippen LogP contribution in [0, 0.1) is 0 Å². The van der Waals surface area contributed by atoms with Gasteiger partial charge in [0, 0.05) is 22.3 Å². The van der Waals surface area contributed by atoms with Crippen LogP contribution >= 0.6 is 11.3 Å². The minimum absolute atomic E-state index is 0.521. The molecule has 0 spiro atoms. The Kier molecular flexibility index (Phi) is 5.15. The molecule has 0 saturated carbocycles. The lowest BCUT2D eigenvalue weighted by molar-refractivity contribution is 0.522. The highest BCUT2D eigenvalue weighted by Crippen LogP contribution is 2.16. The Morgan fingerprint density at radius 2 is 2.14 bits per heavy atom. The SMILES string of the molecule is CCc1ccc(CNC(C)CCN)s1. The predicted molar refractivity (Wildman–Crippen MR) is 63.7 cm³/mol. The smallest absolute Gasteiger partial charge is 0.0302 e. The number of rotatable bonds is 6. The van der Waals surface area contributed by atoms with Gasteiger partial charge in [0.2, 0.25) is 0 Å². The molecule has 1 aromatic rings. The van der Waals surface area contributed by atoms with Crippen molar-refractivity contribution in [3.63, 3.8) is 0 Å². The molecule has 0 aromatic carbocycles. The first-order valence-electron chi connectivity index (χ1n) is 5.27. The van der Waals surface area contributed by atoms with Gasteiger partial charge >= 0.3 is 0 Å². The van der Waals surface area contributed by atoms with Gasteiger partial charge in [-0.15, -0.1) is 11.3 Å². The molecule has 0 aliphatic carbocycles. The van der Waals surface area contributed by atoms with E-state index in [1.54, 1.807) is 0 Å². The van der Waals surface area contributed by atoms with E-state index in [4.69, 9.17) is 5.73 Å².